The second-order valence-electron chi connectivity index (χ2n) is 4.44. The Morgan fingerprint density at radius 1 is 1.15 bits per heavy atom. The van der Waals surface area contributed by atoms with E-state index in [2.05, 4.69) is 5.32 Å². The summed E-state index contributed by atoms with van der Waals surface area (Å²) >= 11 is 6.01. The fourth-order valence-corrected chi connectivity index (χ4v) is 2.18. The zero-order chi connectivity index (χ0) is 14.5. The number of benzene rings is 2. The molecule has 2 aromatic rings. The number of ether oxygens (including phenoxy) is 1. The van der Waals surface area contributed by atoms with Gasteiger partial charge in [0.1, 0.15) is 11.6 Å². The molecule has 4 heteroatoms. The highest BCUT2D eigenvalue weighted by Crippen LogP contribution is 2.31. The van der Waals surface area contributed by atoms with Crippen LogP contribution in [0.1, 0.15) is 12.5 Å². The van der Waals surface area contributed by atoms with Crippen LogP contribution in [-0.2, 0) is 6.54 Å². The summed E-state index contributed by atoms with van der Waals surface area (Å²) in [5, 5.41) is 3.69. The lowest BCUT2D eigenvalue weighted by molar-refractivity contribution is 0.415. The molecule has 0 atom stereocenters. The molecule has 0 aliphatic heterocycles. The van der Waals surface area contributed by atoms with Crippen LogP contribution < -0.4 is 10.1 Å². The van der Waals surface area contributed by atoms with Crippen LogP contribution in [0.4, 0.5) is 4.39 Å². The molecule has 0 fully saturated rings. The van der Waals surface area contributed by atoms with E-state index in [1.807, 2.05) is 25.1 Å². The highest BCUT2D eigenvalue weighted by Gasteiger charge is 2.07. The Morgan fingerprint density at radius 3 is 2.55 bits per heavy atom. The minimum atomic E-state index is -0.198. The average molecular weight is 294 g/mol. The van der Waals surface area contributed by atoms with Gasteiger partial charge in [-0.05, 0) is 41.9 Å². The molecule has 2 nitrogen and oxygen atoms in total. The van der Waals surface area contributed by atoms with Crippen molar-refractivity contribution in [2.45, 2.75) is 13.5 Å². The molecule has 0 amide bonds. The molecule has 0 aliphatic rings. The number of nitrogens with one attached hydrogen (secondary N) is 1. The third kappa shape index (κ3) is 3.30. The molecule has 0 bridgehead atoms. The highest BCUT2D eigenvalue weighted by molar-refractivity contribution is 6.32. The Kier molecular flexibility index (Phi) is 4.99. The van der Waals surface area contributed by atoms with E-state index in [-0.39, 0.29) is 5.82 Å². The Balaban J connectivity index is 2.37. The summed E-state index contributed by atoms with van der Waals surface area (Å²) in [6.07, 6.45) is 0. The van der Waals surface area contributed by atoms with E-state index in [1.54, 1.807) is 19.2 Å². The molecule has 106 valence electrons. The molecule has 0 unspecified atom stereocenters. The van der Waals surface area contributed by atoms with Crippen LogP contribution in [-0.4, -0.2) is 13.7 Å². The number of hydrogen-bond donors (Lipinski definition) is 1. The summed E-state index contributed by atoms with van der Waals surface area (Å²) in [5.74, 6) is 0.414. The van der Waals surface area contributed by atoms with E-state index in [4.69, 9.17) is 16.3 Å². The third-order valence-electron chi connectivity index (χ3n) is 3.10. The lowest BCUT2D eigenvalue weighted by atomic mass is 10.0. The standard InChI is InChI=1S/C16H17ClFNO/c1-3-19-10-13-8-11(5-7-15(13)18)12-4-6-14(17)16(9-12)20-2/h4-9,19H,3,10H2,1-2H3. The van der Waals surface area contributed by atoms with Crippen LogP contribution in [0.3, 0.4) is 0 Å². The van der Waals surface area contributed by atoms with Gasteiger partial charge in [0.15, 0.2) is 0 Å². The smallest absolute Gasteiger partial charge is 0.138 e. The topological polar surface area (TPSA) is 21.3 Å². The average Bonchev–Trinajstić information content (AvgIpc) is 2.47. The minimum absolute atomic E-state index is 0.198. The first-order valence-electron chi connectivity index (χ1n) is 6.48. The second kappa shape index (κ2) is 6.73. The molecule has 0 heterocycles. The molecule has 1 N–H and O–H groups in total. The molecule has 0 aliphatic carbocycles. The Bertz CT molecular complexity index is 601. The fraction of sp³-hybridized carbons (Fsp3) is 0.250. The number of methoxy groups -OCH3 is 1. The van der Waals surface area contributed by atoms with Crippen molar-refractivity contribution in [3.05, 3.63) is 52.8 Å². The van der Waals surface area contributed by atoms with Crippen LogP contribution in [0.5, 0.6) is 5.75 Å². The van der Waals surface area contributed by atoms with Gasteiger partial charge in [-0.25, -0.2) is 4.39 Å². The minimum Gasteiger partial charge on any atom is -0.495 e. The van der Waals surface area contributed by atoms with Crippen molar-refractivity contribution in [2.24, 2.45) is 0 Å². The van der Waals surface area contributed by atoms with E-state index in [1.165, 1.54) is 6.07 Å². The quantitative estimate of drug-likeness (QED) is 0.889. The van der Waals surface area contributed by atoms with Gasteiger partial charge in [0, 0.05) is 12.1 Å². The first-order chi connectivity index (χ1) is 9.65. The molecule has 0 saturated heterocycles. The molecule has 20 heavy (non-hydrogen) atoms. The fourth-order valence-electron chi connectivity index (χ4n) is 1.99. The van der Waals surface area contributed by atoms with E-state index >= 15 is 0 Å². The molecule has 2 rings (SSSR count). The zero-order valence-electron chi connectivity index (χ0n) is 11.5. The van der Waals surface area contributed by atoms with Crippen LogP contribution in [0.2, 0.25) is 5.02 Å². The van der Waals surface area contributed by atoms with E-state index < -0.39 is 0 Å². The first kappa shape index (κ1) is 14.8. The van der Waals surface area contributed by atoms with Gasteiger partial charge in [0.2, 0.25) is 0 Å². The molecule has 0 saturated carbocycles. The summed E-state index contributed by atoms with van der Waals surface area (Å²) in [7, 11) is 1.58. The summed E-state index contributed by atoms with van der Waals surface area (Å²) in [4.78, 5) is 0. The van der Waals surface area contributed by atoms with Gasteiger partial charge in [-0.2, -0.15) is 0 Å². The molecular formula is C16H17ClFNO. The van der Waals surface area contributed by atoms with E-state index in [0.29, 0.717) is 22.9 Å². The second-order valence-corrected chi connectivity index (χ2v) is 4.84. The van der Waals surface area contributed by atoms with Gasteiger partial charge in [-0.15, -0.1) is 0 Å². The van der Waals surface area contributed by atoms with Crippen LogP contribution in [0.15, 0.2) is 36.4 Å². The first-order valence-corrected chi connectivity index (χ1v) is 6.86. The molecule has 2 aromatic carbocycles. The van der Waals surface area contributed by atoms with Gasteiger partial charge in [0.05, 0.1) is 12.1 Å². The largest absolute Gasteiger partial charge is 0.495 e. The predicted molar refractivity (Wildman–Crippen MR) is 80.8 cm³/mol. The third-order valence-corrected chi connectivity index (χ3v) is 3.41. The molecule has 0 spiro atoms. The Hall–Kier alpha value is -1.58. The van der Waals surface area contributed by atoms with Crippen molar-refractivity contribution in [2.75, 3.05) is 13.7 Å². The van der Waals surface area contributed by atoms with E-state index in [9.17, 15) is 4.39 Å². The molecule has 0 radical (unpaired) electrons. The van der Waals surface area contributed by atoms with Gasteiger partial charge in [0.25, 0.3) is 0 Å². The lowest BCUT2D eigenvalue weighted by Crippen LogP contribution is -2.12. The maximum absolute atomic E-state index is 13.7. The summed E-state index contributed by atoms with van der Waals surface area (Å²) in [5.41, 5.74) is 2.54. The van der Waals surface area contributed by atoms with E-state index in [0.717, 1.165) is 17.7 Å². The number of halogens is 2. The van der Waals surface area contributed by atoms with Gasteiger partial charge in [-0.1, -0.05) is 30.7 Å². The maximum atomic E-state index is 13.7. The van der Waals surface area contributed by atoms with Gasteiger partial charge in [-0.3, -0.25) is 0 Å². The number of rotatable bonds is 5. The van der Waals surface area contributed by atoms with Crippen molar-refractivity contribution in [3.8, 4) is 16.9 Å². The van der Waals surface area contributed by atoms with Crippen molar-refractivity contribution >= 4 is 11.6 Å². The molecular weight excluding hydrogens is 277 g/mol. The van der Waals surface area contributed by atoms with Crippen LogP contribution in [0, 0.1) is 5.82 Å². The van der Waals surface area contributed by atoms with Crippen molar-refractivity contribution in [1.29, 1.82) is 0 Å². The Labute approximate surface area is 123 Å². The predicted octanol–water partition coefficient (Wildman–Crippen LogP) is 4.26. The highest BCUT2D eigenvalue weighted by atomic mass is 35.5. The summed E-state index contributed by atoms with van der Waals surface area (Å²) < 4.78 is 18.9. The van der Waals surface area contributed by atoms with Crippen LogP contribution in [0.25, 0.3) is 11.1 Å². The van der Waals surface area contributed by atoms with Crippen molar-refractivity contribution in [3.63, 3.8) is 0 Å². The van der Waals surface area contributed by atoms with Crippen LogP contribution >= 0.6 is 11.6 Å². The summed E-state index contributed by atoms with van der Waals surface area (Å²) in [6, 6.07) is 10.6. The molecule has 0 aromatic heterocycles. The van der Waals surface area contributed by atoms with Crippen molar-refractivity contribution < 1.29 is 9.13 Å². The zero-order valence-corrected chi connectivity index (χ0v) is 12.3. The normalized spacial score (nSPS) is 10.6. The Morgan fingerprint density at radius 2 is 1.85 bits per heavy atom. The monoisotopic (exact) mass is 293 g/mol. The number of hydrogen-bond acceptors (Lipinski definition) is 2. The van der Waals surface area contributed by atoms with Gasteiger partial charge >= 0.3 is 0 Å². The lowest BCUT2D eigenvalue weighted by Gasteiger charge is -2.10. The SMILES string of the molecule is CCNCc1cc(-c2ccc(Cl)c(OC)c2)ccc1F. The maximum Gasteiger partial charge on any atom is 0.138 e. The summed E-state index contributed by atoms with van der Waals surface area (Å²) in [6.45, 7) is 3.31. The van der Waals surface area contributed by atoms with Crippen molar-refractivity contribution in [1.82, 2.24) is 5.32 Å². The van der Waals surface area contributed by atoms with Gasteiger partial charge < -0.3 is 10.1 Å².